The second kappa shape index (κ2) is 5.86. The maximum Gasteiger partial charge on any atom is 0.433 e. The number of alkyl halides is 3. The zero-order chi connectivity index (χ0) is 13.9. The minimum absolute atomic E-state index is 0.198. The van der Waals surface area contributed by atoms with Crippen LogP contribution in [-0.4, -0.2) is 22.6 Å². The molecule has 3 nitrogen and oxygen atoms in total. The van der Waals surface area contributed by atoms with Crippen molar-refractivity contribution in [3.05, 3.63) is 23.8 Å². The number of rotatable bonds is 6. The van der Waals surface area contributed by atoms with Crippen molar-refractivity contribution in [3.63, 3.8) is 0 Å². The van der Waals surface area contributed by atoms with E-state index in [1.807, 2.05) is 0 Å². The second-order valence-corrected chi connectivity index (χ2v) is 4.96. The van der Waals surface area contributed by atoms with Crippen molar-refractivity contribution in [2.45, 2.75) is 44.8 Å². The van der Waals surface area contributed by atoms with E-state index in [0.29, 0.717) is 12.3 Å². The minimum atomic E-state index is -4.40. The van der Waals surface area contributed by atoms with Gasteiger partial charge in [0.1, 0.15) is 11.5 Å². The zero-order valence-corrected chi connectivity index (χ0v) is 10.9. The lowest BCUT2D eigenvalue weighted by molar-refractivity contribution is -0.141. The topological polar surface area (TPSA) is 37.8 Å². The van der Waals surface area contributed by atoms with Crippen molar-refractivity contribution in [3.8, 4) is 0 Å². The second-order valence-electron chi connectivity index (χ2n) is 4.96. The van der Waals surface area contributed by atoms with E-state index in [1.54, 1.807) is 0 Å². The third-order valence-corrected chi connectivity index (χ3v) is 3.25. The van der Waals surface area contributed by atoms with Crippen LogP contribution >= 0.6 is 0 Å². The third kappa shape index (κ3) is 4.16. The SMILES string of the molecule is CCCNC(Cc1nccc(C(F)(F)F)n1)C1CC1. The lowest BCUT2D eigenvalue weighted by Crippen LogP contribution is -2.34. The maximum absolute atomic E-state index is 12.6. The van der Waals surface area contributed by atoms with Crippen LogP contribution in [0.1, 0.15) is 37.7 Å². The lowest BCUT2D eigenvalue weighted by atomic mass is 10.1. The van der Waals surface area contributed by atoms with Crippen LogP contribution in [0.15, 0.2) is 12.3 Å². The van der Waals surface area contributed by atoms with Gasteiger partial charge in [-0.15, -0.1) is 0 Å². The van der Waals surface area contributed by atoms with E-state index in [-0.39, 0.29) is 11.9 Å². The van der Waals surface area contributed by atoms with Crippen LogP contribution in [-0.2, 0) is 12.6 Å². The average molecular weight is 273 g/mol. The third-order valence-electron chi connectivity index (χ3n) is 3.25. The highest BCUT2D eigenvalue weighted by atomic mass is 19.4. The first kappa shape index (κ1) is 14.2. The molecule has 0 bridgehead atoms. The largest absolute Gasteiger partial charge is 0.433 e. The van der Waals surface area contributed by atoms with E-state index < -0.39 is 11.9 Å². The molecule has 0 radical (unpaired) electrons. The van der Waals surface area contributed by atoms with Crippen molar-refractivity contribution >= 4 is 0 Å². The highest BCUT2D eigenvalue weighted by Crippen LogP contribution is 2.34. The summed E-state index contributed by atoms with van der Waals surface area (Å²) in [5.74, 6) is 0.833. The molecule has 106 valence electrons. The smallest absolute Gasteiger partial charge is 0.313 e. The van der Waals surface area contributed by atoms with Crippen molar-refractivity contribution in [2.24, 2.45) is 5.92 Å². The van der Waals surface area contributed by atoms with Gasteiger partial charge in [-0.3, -0.25) is 0 Å². The molecule has 6 heteroatoms. The molecule has 1 heterocycles. The molecular weight excluding hydrogens is 255 g/mol. The van der Waals surface area contributed by atoms with Crippen molar-refractivity contribution < 1.29 is 13.2 Å². The van der Waals surface area contributed by atoms with Gasteiger partial charge in [0.15, 0.2) is 0 Å². The molecule has 0 amide bonds. The summed E-state index contributed by atoms with van der Waals surface area (Å²) in [6, 6.07) is 1.11. The molecule has 1 unspecified atom stereocenters. The summed E-state index contributed by atoms with van der Waals surface area (Å²) >= 11 is 0. The summed E-state index contributed by atoms with van der Waals surface area (Å²) in [4.78, 5) is 7.59. The van der Waals surface area contributed by atoms with Crippen LogP contribution in [0, 0.1) is 5.92 Å². The Morgan fingerprint density at radius 2 is 2.16 bits per heavy atom. The van der Waals surface area contributed by atoms with E-state index in [9.17, 15) is 13.2 Å². The van der Waals surface area contributed by atoms with Crippen molar-refractivity contribution in [1.82, 2.24) is 15.3 Å². The van der Waals surface area contributed by atoms with E-state index in [4.69, 9.17) is 0 Å². The van der Waals surface area contributed by atoms with E-state index in [2.05, 4.69) is 22.2 Å². The van der Waals surface area contributed by atoms with Gasteiger partial charge in [-0.2, -0.15) is 13.2 Å². The molecule has 1 saturated carbocycles. The normalized spacial score (nSPS) is 17.5. The number of nitrogens with one attached hydrogen (secondary N) is 1. The van der Waals surface area contributed by atoms with Gasteiger partial charge in [-0.25, -0.2) is 9.97 Å². The predicted molar refractivity (Wildman–Crippen MR) is 65.5 cm³/mol. The van der Waals surface area contributed by atoms with Crippen LogP contribution in [0.3, 0.4) is 0 Å². The molecule has 1 atom stereocenters. The van der Waals surface area contributed by atoms with Gasteiger partial charge in [0.25, 0.3) is 0 Å². The fourth-order valence-electron chi connectivity index (χ4n) is 2.09. The van der Waals surface area contributed by atoms with Gasteiger partial charge in [0.2, 0.25) is 0 Å². The van der Waals surface area contributed by atoms with Crippen LogP contribution < -0.4 is 5.32 Å². The summed E-state index contributed by atoms with van der Waals surface area (Å²) < 4.78 is 37.7. The van der Waals surface area contributed by atoms with Gasteiger partial charge in [0.05, 0.1) is 0 Å². The lowest BCUT2D eigenvalue weighted by Gasteiger charge is -2.17. The van der Waals surface area contributed by atoms with Gasteiger partial charge >= 0.3 is 6.18 Å². The number of hydrogen-bond acceptors (Lipinski definition) is 3. The number of hydrogen-bond donors (Lipinski definition) is 1. The number of aromatic nitrogens is 2. The molecule has 1 aromatic heterocycles. The summed E-state index contributed by atoms with van der Waals surface area (Å²) in [6.45, 7) is 2.94. The fourth-order valence-corrected chi connectivity index (χ4v) is 2.09. The number of halogens is 3. The van der Waals surface area contributed by atoms with E-state index >= 15 is 0 Å². The minimum Gasteiger partial charge on any atom is -0.313 e. The molecule has 1 aliphatic rings. The van der Waals surface area contributed by atoms with Crippen LogP contribution in [0.25, 0.3) is 0 Å². The van der Waals surface area contributed by atoms with E-state index in [0.717, 1.165) is 31.9 Å². The highest BCUT2D eigenvalue weighted by Gasteiger charge is 2.34. The van der Waals surface area contributed by atoms with Crippen molar-refractivity contribution in [1.29, 1.82) is 0 Å². The zero-order valence-electron chi connectivity index (χ0n) is 10.9. The summed E-state index contributed by atoms with van der Waals surface area (Å²) in [7, 11) is 0. The van der Waals surface area contributed by atoms with Gasteiger partial charge in [0, 0.05) is 18.7 Å². The monoisotopic (exact) mass is 273 g/mol. The Balaban J connectivity index is 2.04. The quantitative estimate of drug-likeness (QED) is 0.866. The van der Waals surface area contributed by atoms with Crippen LogP contribution in [0.2, 0.25) is 0 Å². The maximum atomic E-state index is 12.6. The van der Waals surface area contributed by atoms with Gasteiger partial charge in [-0.05, 0) is 37.8 Å². The van der Waals surface area contributed by atoms with Crippen LogP contribution in [0.5, 0.6) is 0 Å². The Morgan fingerprint density at radius 3 is 2.74 bits per heavy atom. The Bertz CT molecular complexity index is 416. The average Bonchev–Trinajstić information content (AvgIpc) is 3.18. The van der Waals surface area contributed by atoms with Gasteiger partial charge in [-0.1, -0.05) is 6.92 Å². The number of nitrogens with zero attached hydrogens (tertiary/aromatic N) is 2. The standard InChI is InChI=1S/C13H18F3N3/c1-2-6-17-10(9-3-4-9)8-12-18-7-5-11(19-12)13(14,15)16/h5,7,9-10,17H,2-4,6,8H2,1H3. The molecule has 2 rings (SSSR count). The Kier molecular flexibility index (Phi) is 4.39. The Morgan fingerprint density at radius 1 is 1.42 bits per heavy atom. The van der Waals surface area contributed by atoms with Gasteiger partial charge < -0.3 is 5.32 Å². The molecule has 1 fully saturated rings. The first-order valence-electron chi connectivity index (χ1n) is 6.63. The molecule has 19 heavy (non-hydrogen) atoms. The fraction of sp³-hybridized carbons (Fsp3) is 0.692. The Hall–Kier alpha value is -1.17. The summed E-state index contributed by atoms with van der Waals surface area (Å²) in [5.41, 5.74) is -0.859. The molecule has 0 aromatic carbocycles. The molecule has 1 N–H and O–H groups in total. The molecule has 1 aromatic rings. The molecule has 0 aliphatic heterocycles. The van der Waals surface area contributed by atoms with E-state index in [1.165, 1.54) is 6.20 Å². The Labute approximate surface area is 110 Å². The molecular formula is C13H18F3N3. The first-order valence-corrected chi connectivity index (χ1v) is 6.63. The summed E-state index contributed by atoms with van der Waals surface area (Å²) in [6.07, 6.45) is 0.542. The van der Waals surface area contributed by atoms with Crippen LogP contribution in [0.4, 0.5) is 13.2 Å². The van der Waals surface area contributed by atoms with Crippen molar-refractivity contribution in [2.75, 3.05) is 6.54 Å². The molecule has 1 aliphatic carbocycles. The molecule has 0 saturated heterocycles. The predicted octanol–water partition coefficient (Wildman–Crippen LogP) is 2.82. The first-order chi connectivity index (χ1) is 9.00. The summed E-state index contributed by atoms with van der Waals surface area (Å²) in [5, 5.41) is 3.38. The highest BCUT2D eigenvalue weighted by molar-refractivity contribution is 5.07. The molecule has 0 spiro atoms.